The molecule has 0 fully saturated rings. The maximum absolute atomic E-state index is 10.8. The molecule has 0 saturated carbocycles. The van der Waals surface area contributed by atoms with Crippen molar-refractivity contribution in [1.29, 1.82) is 0 Å². The fraction of sp³-hybridized carbons (Fsp3) is 0.231. The van der Waals surface area contributed by atoms with Gasteiger partial charge in [0.25, 0.3) is 5.69 Å². The van der Waals surface area contributed by atoms with Gasteiger partial charge in [0.1, 0.15) is 0 Å². The topological polar surface area (TPSA) is 90.4 Å². The molecule has 0 spiro atoms. The van der Waals surface area contributed by atoms with E-state index in [-0.39, 0.29) is 12.3 Å². The van der Waals surface area contributed by atoms with E-state index in [0.717, 1.165) is 6.42 Å². The zero-order valence-electron chi connectivity index (χ0n) is 10.7. The highest BCUT2D eigenvalue weighted by Gasteiger charge is 2.10. The first-order valence-electron chi connectivity index (χ1n) is 6.05. The maximum atomic E-state index is 10.8. The summed E-state index contributed by atoms with van der Waals surface area (Å²) in [6.45, 7) is 0.847. The predicted molar refractivity (Wildman–Crippen MR) is 78.6 cm³/mol. The molecule has 2 aromatic rings. The minimum atomic E-state index is -0.435. The SMILES string of the molecule is NNc1ccc([N+](=O)[O-])cc1COCCc1cccs1. The number of nitro benzene ring substituents is 1. The molecule has 0 saturated heterocycles. The summed E-state index contributed by atoms with van der Waals surface area (Å²) in [5.41, 5.74) is 3.85. The smallest absolute Gasteiger partial charge is 0.269 e. The molecule has 0 aliphatic heterocycles. The fourth-order valence-corrected chi connectivity index (χ4v) is 2.45. The molecule has 0 aliphatic rings. The molecule has 0 unspecified atom stereocenters. The quantitative estimate of drug-likeness (QED) is 0.354. The number of hydrazine groups is 1. The molecule has 3 N–H and O–H groups in total. The van der Waals surface area contributed by atoms with E-state index in [1.54, 1.807) is 17.4 Å². The van der Waals surface area contributed by atoms with Crippen molar-refractivity contribution in [2.45, 2.75) is 13.0 Å². The Bertz CT molecular complexity index is 572. The second kappa shape index (κ2) is 6.99. The van der Waals surface area contributed by atoms with E-state index in [2.05, 4.69) is 5.43 Å². The number of nitrogen functional groups attached to an aromatic ring is 1. The molecule has 0 aliphatic carbocycles. The molecular weight excluding hydrogens is 278 g/mol. The van der Waals surface area contributed by atoms with Crippen molar-refractivity contribution in [2.75, 3.05) is 12.0 Å². The van der Waals surface area contributed by atoms with Crippen molar-refractivity contribution in [3.63, 3.8) is 0 Å². The molecule has 1 aromatic carbocycles. The summed E-state index contributed by atoms with van der Waals surface area (Å²) in [6, 6.07) is 8.51. The molecule has 1 aromatic heterocycles. The van der Waals surface area contributed by atoms with Crippen molar-refractivity contribution < 1.29 is 9.66 Å². The zero-order chi connectivity index (χ0) is 14.4. The van der Waals surface area contributed by atoms with Gasteiger partial charge >= 0.3 is 0 Å². The monoisotopic (exact) mass is 293 g/mol. The van der Waals surface area contributed by atoms with E-state index in [1.807, 2.05) is 17.5 Å². The van der Waals surface area contributed by atoms with Crippen LogP contribution in [0.25, 0.3) is 0 Å². The minimum absolute atomic E-state index is 0.0286. The second-order valence-electron chi connectivity index (χ2n) is 4.12. The third-order valence-corrected chi connectivity index (χ3v) is 3.72. The van der Waals surface area contributed by atoms with Crippen LogP contribution in [0.2, 0.25) is 0 Å². The summed E-state index contributed by atoms with van der Waals surface area (Å²) in [5, 5.41) is 12.8. The molecule has 2 rings (SSSR count). The molecule has 0 atom stereocenters. The van der Waals surface area contributed by atoms with Gasteiger partial charge in [0, 0.05) is 29.0 Å². The van der Waals surface area contributed by atoms with E-state index in [9.17, 15) is 10.1 Å². The Morgan fingerprint density at radius 3 is 2.90 bits per heavy atom. The van der Waals surface area contributed by atoms with Crippen LogP contribution in [-0.4, -0.2) is 11.5 Å². The van der Waals surface area contributed by atoms with Gasteiger partial charge in [-0.25, -0.2) is 0 Å². The summed E-state index contributed by atoms with van der Waals surface area (Å²) in [6.07, 6.45) is 0.831. The zero-order valence-corrected chi connectivity index (χ0v) is 11.6. The summed E-state index contributed by atoms with van der Waals surface area (Å²) < 4.78 is 5.56. The van der Waals surface area contributed by atoms with Crippen LogP contribution in [0.3, 0.4) is 0 Å². The van der Waals surface area contributed by atoms with Gasteiger partial charge in [-0.3, -0.25) is 16.0 Å². The average Bonchev–Trinajstić information content (AvgIpc) is 2.96. The summed E-state index contributed by atoms with van der Waals surface area (Å²) in [7, 11) is 0. The van der Waals surface area contributed by atoms with Crippen LogP contribution in [0, 0.1) is 10.1 Å². The molecular formula is C13H15N3O3S. The van der Waals surface area contributed by atoms with Crippen molar-refractivity contribution in [1.82, 2.24) is 0 Å². The van der Waals surface area contributed by atoms with Crippen molar-refractivity contribution in [3.05, 3.63) is 56.3 Å². The van der Waals surface area contributed by atoms with E-state index >= 15 is 0 Å². The first-order valence-corrected chi connectivity index (χ1v) is 6.92. The number of rotatable bonds is 7. The molecule has 6 nitrogen and oxygen atoms in total. The van der Waals surface area contributed by atoms with E-state index in [1.165, 1.54) is 17.0 Å². The number of thiophene rings is 1. The second-order valence-corrected chi connectivity index (χ2v) is 5.16. The third-order valence-electron chi connectivity index (χ3n) is 2.79. The predicted octanol–water partition coefficient (Wildman–Crippen LogP) is 2.70. The van der Waals surface area contributed by atoms with Crippen molar-refractivity contribution >= 4 is 22.7 Å². The van der Waals surface area contributed by atoms with Crippen LogP contribution in [0.15, 0.2) is 35.7 Å². The highest BCUT2D eigenvalue weighted by molar-refractivity contribution is 7.09. The summed E-state index contributed by atoms with van der Waals surface area (Å²) >= 11 is 1.68. The average molecular weight is 293 g/mol. The number of nitro groups is 1. The van der Waals surface area contributed by atoms with Crippen LogP contribution < -0.4 is 11.3 Å². The third kappa shape index (κ3) is 3.77. The number of nitrogens with two attached hydrogens (primary N) is 1. The van der Waals surface area contributed by atoms with Crippen molar-refractivity contribution in [2.24, 2.45) is 5.84 Å². The Labute approximate surface area is 120 Å². The van der Waals surface area contributed by atoms with Gasteiger partial charge in [0.15, 0.2) is 0 Å². The normalized spacial score (nSPS) is 10.4. The Hall–Kier alpha value is -1.96. The molecule has 1 heterocycles. The molecule has 0 amide bonds. The number of anilines is 1. The van der Waals surface area contributed by atoms with E-state index in [0.29, 0.717) is 17.9 Å². The summed E-state index contributed by atoms with van der Waals surface area (Å²) in [5.74, 6) is 5.38. The van der Waals surface area contributed by atoms with Gasteiger partial charge < -0.3 is 10.2 Å². The van der Waals surface area contributed by atoms with Gasteiger partial charge in [0.2, 0.25) is 0 Å². The van der Waals surface area contributed by atoms with Gasteiger partial charge in [-0.05, 0) is 17.5 Å². The summed E-state index contributed by atoms with van der Waals surface area (Å²) in [4.78, 5) is 11.6. The van der Waals surface area contributed by atoms with Crippen LogP contribution in [0.4, 0.5) is 11.4 Å². The standard InChI is InChI=1S/C13H15N3O3S/c14-15-13-4-3-11(16(17)18)8-10(13)9-19-6-5-12-2-1-7-20-12/h1-4,7-8,15H,5-6,9,14H2. The van der Waals surface area contributed by atoms with Crippen LogP contribution in [0.1, 0.15) is 10.4 Å². The van der Waals surface area contributed by atoms with Gasteiger partial charge in [-0.1, -0.05) is 6.07 Å². The number of benzene rings is 1. The first-order chi connectivity index (χ1) is 9.70. The lowest BCUT2D eigenvalue weighted by Gasteiger charge is -2.09. The van der Waals surface area contributed by atoms with E-state index < -0.39 is 4.92 Å². The van der Waals surface area contributed by atoms with Crippen LogP contribution >= 0.6 is 11.3 Å². The number of nitrogens with one attached hydrogen (secondary N) is 1. The van der Waals surface area contributed by atoms with Gasteiger partial charge in [-0.15, -0.1) is 11.3 Å². The maximum Gasteiger partial charge on any atom is 0.269 e. The highest BCUT2D eigenvalue weighted by Crippen LogP contribution is 2.22. The first kappa shape index (κ1) is 14.4. The Balaban J connectivity index is 1.93. The van der Waals surface area contributed by atoms with Gasteiger partial charge in [-0.2, -0.15) is 0 Å². The van der Waals surface area contributed by atoms with Crippen LogP contribution in [-0.2, 0) is 17.8 Å². The van der Waals surface area contributed by atoms with Crippen molar-refractivity contribution in [3.8, 4) is 0 Å². The molecule has 0 radical (unpaired) electrons. The lowest BCUT2D eigenvalue weighted by molar-refractivity contribution is -0.384. The number of hydrogen-bond acceptors (Lipinski definition) is 6. The molecule has 20 heavy (non-hydrogen) atoms. The number of hydrogen-bond donors (Lipinski definition) is 2. The molecule has 7 heteroatoms. The number of ether oxygens (including phenoxy) is 1. The Morgan fingerprint density at radius 2 is 2.25 bits per heavy atom. The number of nitrogens with zero attached hydrogens (tertiary/aromatic N) is 1. The number of non-ortho nitro benzene ring substituents is 1. The highest BCUT2D eigenvalue weighted by atomic mass is 32.1. The minimum Gasteiger partial charge on any atom is -0.376 e. The fourth-order valence-electron chi connectivity index (χ4n) is 1.76. The van der Waals surface area contributed by atoms with Gasteiger partial charge in [0.05, 0.1) is 23.8 Å². The largest absolute Gasteiger partial charge is 0.376 e. The Kier molecular flexibility index (Phi) is 5.05. The lowest BCUT2D eigenvalue weighted by Crippen LogP contribution is -2.10. The van der Waals surface area contributed by atoms with Crippen LogP contribution in [0.5, 0.6) is 0 Å². The molecule has 0 bridgehead atoms. The Morgan fingerprint density at radius 1 is 1.40 bits per heavy atom. The molecule has 106 valence electrons. The van der Waals surface area contributed by atoms with E-state index in [4.69, 9.17) is 10.6 Å². The lowest BCUT2D eigenvalue weighted by atomic mass is 10.1.